The summed E-state index contributed by atoms with van der Waals surface area (Å²) < 4.78 is 49.7. The van der Waals surface area contributed by atoms with Crippen LogP contribution in [0.1, 0.15) is 253 Å². The van der Waals surface area contributed by atoms with E-state index in [0.717, 1.165) is 66.2 Å². The maximum absolute atomic E-state index is 10.2. The summed E-state index contributed by atoms with van der Waals surface area (Å²) in [6.45, 7) is 57.2. The van der Waals surface area contributed by atoms with E-state index in [-0.39, 0.29) is 33.9 Å². The van der Waals surface area contributed by atoms with Gasteiger partial charge in [0.2, 0.25) is 0 Å². The molecule has 0 fully saturated rings. The molecule has 0 atom stereocenters. The Hall–Kier alpha value is -5.61. The summed E-state index contributed by atoms with van der Waals surface area (Å²) in [6.07, 6.45) is 5.07. The Kier molecular flexibility index (Phi) is 18.1. The van der Waals surface area contributed by atoms with Crippen molar-refractivity contribution in [1.29, 1.82) is 0 Å². The first-order valence-electron chi connectivity index (χ1n) is 32.6. The minimum atomic E-state index is -4.85. The molecule has 12 heteroatoms. The van der Waals surface area contributed by atoms with Crippen molar-refractivity contribution < 1.29 is 47.0 Å². The van der Waals surface area contributed by atoms with Crippen LogP contribution in [0.2, 0.25) is 0 Å². The van der Waals surface area contributed by atoms with E-state index in [0.29, 0.717) is 34.5 Å². The van der Waals surface area contributed by atoms with Crippen LogP contribution >= 0.6 is 0 Å². The molecule has 0 bridgehead atoms. The van der Waals surface area contributed by atoms with Gasteiger partial charge in [-0.2, -0.15) is 6.42 Å². The predicted octanol–water partition coefficient (Wildman–Crippen LogP) is 18.1. The van der Waals surface area contributed by atoms with Crippen LogP contribution in [0.25, 0.3) is 0 Å². The molecule has 6 aromatic carbocycles. The number of hydrogen-bond acceptors (Lipinski definition) is 8. The predicted molar refractivity (Wildman–Crippen MR) is 368 cm³/mol. The normalized spacial score (nSPS) is 20.8. The Labute approximate surface area is 532 Å². The summed E-state index contributed by atoms with van der Waals surface area (Å²) in [4.78, 5) is 20.4. The van der Waals surface area contributed by atoms with Gasteiger partial charge in [0.05, 0.1) is 0 Å². The molecule has 10 nitrogen and oxygen atoms in total. The quantitative estimate of drug-likeness (QED) is 0.0671. The Morgan fingerprint density at radius 2 is 0.523 bits per heavy atom. The summed E-state index contributed by atoms with van der Waals surface area (Å²) in [5.74, 6) is 4.19. The van der Waals surface area contributed by atoms with Crippen molar-refractivity contribution in [2.45, 2.75) is 227 Å². The van der Waals surface area contributed by atoms with E-state index in [9.17, 15) is 9.59 Å². The van der Waals surface area contributed by atoms with Crippen molar-refractivity contribution in [2.75, 3.05) is 26.4 Å². The average molecular weight is 1240 g/mol. The molecule has 0 saturated carbocycles. The van der Waals surface area contributed by atoms with Crippen molar-refractivity contribution in [3.63, 3.8) is 0 Å². The molecule has 6 aliphatic rings. The van der Waals surface area contributed by atoms with Crippen LogP contribution in [0.5, 0.6) is 34.5 Å². The fourth-order valence-electron chi connectivity index (χ4n) is 13.2. The summed E-state index contributed by atoms with van der Waals surface area (Å²) in [5.41, 5.74) is 12.9. The molecule has 0 unspecified atom stereocenters. The van der Waals surface area contributed by atoms with Crippen molar-refractivity contribution in [1.82, 2.24) is 0 Å². The van der Waals surface area contributed by atoms with Gasteiger partial charge in [-0.25, -0.2) is 0 Å². The molecule has 0 aliphatic carbocycles. The zero-order valence-electron chi connectivity index (χ0n) is 59.0. The third-order valence-electron chi connectivity index (χ3n) is 18.2. The van der Waals surface area contributed by atoms with Gasteiger partial charge in [0, 0.05) is 26.4 Å². The van der Waals surface area contributed by atoms with Crippen LogP contribution in [0.3, 0.4) is 0 Å². The summed E-state index contributed by atoms with van der Waals surface area (Å²) in [6, 6.07) is 38.2. The van der Waals surface area contributed by atoms with Crippen molar-refractivity contribution in [2.24, 2.45) is 0 Å². The van der Waals surface area contributed by atoms with Crippen LogP contribution in [-0.4, -0.2) is 52.7 Å². The van der Waals surface area contributed by atoms with Gasteiger partial charge in [0.15, 0.2) is 0 Å². The largest absolute Gasteiger partial charge is 1.00 e. The SMILES string of the molecule is CC(C)(C)c1ccc2c(c1)C13c4cc(C(C)(C)C)ccc4O[Si-]1([OH2+])(O2)Oc1ccc(C(C)(C)C)cc13.CC(C)(C)c1ccc2c(c1)C13c4cc(C(C)(C)C)ccc4O[Si-]1([OH2+])(O2)Oc1ccc(C(C)(C)C)cc13.CCOCC.CCOCC.[CH2-]CCCCC.[H+]. The molecule has 0 amide bonds. The first-order valence-corrected chi connectivity index (χ1v) is 37.0. The molecule has 12 rings (SSSR count). The third kappa shape index (κ3) is 11.3. The van der Waals surface area contributed by atoms with Crippen molar-refractivity contribution in [3.05, 3.63) is 183 Å². The third-order valence-corrected chi connectivity index (χ3v) is 26.0. The summed E-state index contributed by atoms with van der Waals surface area (Å²) >= 11 is 0. The molecule has 6 aromatic rings. The van der Waals surface area contributed by atoms with E-state index in [1.165, 1.54) is 52.6 Å². The number of rotatable bonds is 7. The first-order chi connectivity index (χ1) is 40.7. The van der Waals surface area contributed by atoms with Gasteiger partial charge in [-0.05, 0) is 27.7 Å². The monoisotopic (exact) mass is 1240 g/mol. The Balaban J connectivity index is 0.000000202. The van der Waals surface area contributed by atoms with Gasteiger partial charge < -0.3 is 16.4 Å². The molecule has 0 spiro atoms. The summed E-state index contributed by atoms with van der Waals surface area (Å²) in [5, 5.41) is -1.88. The first kappa shape index (κ1) is 68.3. The average Bonchev–Trinajstić information content (AvgIpc) is 1.47. The van der Waals surface area contributed by atoms with Gasteiger partial charge in [-0.1, -0.05) is 26.2 Å². The van der Waals surface area contributed by atoms with Gasteiger partial charge in [0.1, 0.15) is 0 Å². The standard InChI is InChI=1S/2C31H38O4Si.C6H13.2C4H10O/c2*1-28(2,3)19-10-13-25-22(16-19)31-23-17-20(29(4,5)6)11-14-26(23)34-36(31,32,33-25)35-27-15-12-21(18-24(27)31)30(7,8)9;1-3-5-6-4-2;2*1-3-5-4-2/h2*10-18H,32H2,1-9H3;1,3-6H2,2H3;2*3-4H2,1-2H3/q;;-1;;/p+1. The van der Waals surface area contributed by atoms with E-state index >= 15 is 0 Å². The maximum atomic E-state index is 10.2. The fourth-order valence-corrected chi connectivity index (χ4v) is 21.7. The Bertz CT molecular complexity index is 2970. The topological polar surface area (TPSA) is 120 Å². The molecule has 6 aliphatic heterocycles. The van der Waals surface area contributed by atoms with E-state index in [2.05, 4.69) is 211 Å². The van der Waals surface area contributed by atoms with E-state index < -0.39 is 26.7 Å². The molecular formula is C76H110O10Si2. The number of unbranched alkanes of at least 4 members (excludes halogenated alkanes) is 3. The molecule has 88 heavy (non-hydrogen) atoms. The smallest absolute Gasteiger partial charge is 0.382 e. The van der Waals surface area contributed by atoms with Crippen LogP contribution in [0.15, 0.2) is 109 Å². The minimum Gasteiger partial charge on any atom is -0.382 e. The molecule has 0 aromatic heterocycles. The van der Waals surface area contributed by atoms with Crippen LogP contribution in [-0.2, 0) is 52.0 Å². The van der Waals surface area contributed by atoms with Gasteiger partial charge >= 0.3 is 432 Å². The minimum absolute atomic E-state index is 0. The number of ether oxygens (including phenoxy) is 2. The van der Waals surface area contributed by atoms with Crippen LogP contribution < -0.4 is 26.6 Å². The maximum Gasteiger partial charge on any atom is 1.00 e. The summed E-state index contributed by atoms with van der Waals surface area (Å²) in [7, 11) is -9.70. The number of hydrogen-bond donors (Lipinski definition) is 0. The van der Waals surface area contributed by atoms with Crippen molar-refractivity contribution >= 4 is 16.7 Å². The second kappa shape index (κ2) is 23.3. The van der Waals surface area contributed by atoms with Crippen LogP contribution in [0, 0.1) is 6.92 Å². The molecule has 4 N–H and O–H groups in total. The van der Waals surface area contributed by atoms with E-state index in [1.807, 2.05) is 64.1 Å². The zero-order chi connectivity index (χ0) is 65.3. The Morgan fingerprint density at radius 1 is 0.341 bits per heavy atom. The molecule has 482 valence electrons. The van der Waals surface area contributed by atoms with Crippen molar-refractivity contribution in [3.8, 4) is 34.5 Å². The molecule has 0 saturated heterocycles. The molecule has 6 heterocycles. The fraction of sp³-hybridized carbons (Fsp3) is 0.513. The van der Waals surface area contributed by atoms with Crippen LogP contribution in [0.4, 0.5) is 0 Å². The molecule has 0 radical (unpaired) electrons. The van der Waals surface area contributed by atoms with Gasteiger partial charge in [0.25, 0.3) is 0 Å². The Morgan fingerprint density at radius 3 is 0.636 bits per heavy atom. The second-order valence-electron chi connectivity index (χ2n) is 31.0. The van der Waals surface area contributed by atoms with Gasteiger partial charge in [-0.3, -0.25) is 0 Å². The number of fused-ring (bicyclic) bond motifs is 6. The van der Waals surface area contributed by atoms with E-state index in [4.69, 9.17) is 36.0 Å². The van der Waals surface area contributed by atoms with E-state index in [1.54, 1.807) is 0 Å². The number of benzene rings is 6. The van der Waals surface area contributed by atoms with Gasteiger partial charge in [-0.15, -0.1) is 0 Å². The molecular weight excluding hydrogens is 1130 g/mol. The zero-order valence-corrected chi connectivity index (χ0v) is 60.0. The second-order valence-corrected chi connectivity index (χ2v) is 37.7.